The molecule has 2 rings (SSSR count). The lowest BCUT2D eigenvalue weighted by Crippen LogP contribution is -2.15. The van der Waals surface area contributed by atoms with E-state index in [0.29, 0.717) is 29.4 Å². The highest BCUT2D eigenvalue weighted by Crippen LogP contribution is 2.29. The molecule has 0 bridgehead atoms. The molecule has 30 heavy (non-hydrogen) atoms. The van der Waals surface area contributed by atoms with Gasteiger partial charge in [-0.15, -0.1) is 0 Å². The van der Waals surface area contributed by atoms with Crippen LogP contribution in [-0.2, 0) is 14.3 Å². The van der Waals surface area contributed by atoms with Crippen LogP contribution in [0, 0.1) is 18.3 Å². The van der Waals surface area contributed by atoms with Crippen molar-refractivity contribution in [1.82, 2.24) is 0 Å². The Bertz CT molecular complexity index is 959. The highest BCUT2D eigenvalue weighted by atomic mass is 16.6. The quantitative estimate of drug-likeness (QED) is 0.384. The SMILES string of the molecule is CCOC(=O)COc1ccc(/C=C(\C#N)C(=O)Nc2ccc(C)cc2)cc1OCC. The van der Waals surface area contributed by atoms with Crippen molar-refractivity contribution in [3.05, 3.63) is 59.2 Å². The molecule has 0 radical (unpaired) electrons. The summed E-state index contributed by atoms with van der Waals surface area (Å²) >= 11 is 0. The van der Waals surface area contributed by atoms with E-state index in [9.17, 15) is 14.9 Å². The molecule has 0 spiro atoms. The summed E-state index contributed by atoms with van der Waals surface area (Å²) in [6.07, 6.45) is 1.46. The average Bonchev–Trinajstić information content (AvgIpc) is 2.73. The van der Waals surface area contributed by atoms with E-state index >= 15 is 0 Å². The summed E-state index contributed by atoms with van der Waals surface area (Å²) in [7, 11) is 0. The molecular weight excluding hydrogens is 384 g/mol. The molecule has 0 aromatic heterocycles. The molecule has 0 aliphatic rings. The van der Waals surface area contributed by atoms with Gasteiger partial charge in [-0.2, -0.15) is 5.26 Å². The van der Waals surface area contributed by atoms with E-state index in [1.54, 1.807) is 37.3 Å². The van der Waals surface area contributed by atoms with Crippen LogP contribution in [0.3, 0.4) is 0 Å². The minimum absolute atomic E-state index is 0.0572. The standard InChI is InChI=1S/C23H24N2O5/c1-4-28-21-13-17(8-11-20(21)30-15-22(26)29-5-2)12-18(14-24)23(27)25-19-9-6-16(3)7-10-19/h6-13H,4-5,15H2,1-3H3,(H,25,27)/b18-12+. The third kappa shape index (κ3) is 6.67. The van der Waals surface area contributed by atoms with Crippen LogP contribution in [-0.4, -0.2) is 31.7 Å². The first-order valence-corrected chi connectivity index (χ1v) is 9.51. The molecule has 0 aliphatic heterocycles. The maximum atomic E-state index is 12.4. The van der Waals surface area contributed by atoms with Crippen molar-refractivity contribution in [1.29, 1.82) is 5.26 Å². The molecule has 0 heterocycles. The molecule has 2 aromatic rings. The van der Waals surface area contributed by atoms with Gasteiger partial charge >= 0.3 is 5.97 Å². The highest BCUT2D eigenvalue weighted by molar-refractivity contribution is 6.09. The zero-order valence-electron chi connectivity index (χ0n) is 17.2. The molecular formula is C23H24N2O5. The van der Waals surface area contributed by atoms with E-state index in [1.165, 1.54) is 6.08 Å². The lowest BCUT2D eigenvalue weighted by Gasteiger charge is -2.12. The van der Waals surface area contributed by atoms with Gasteiger partial charge in [0, 0.05) is 5.69 Å². The molecule has 0 fully saturated rings. The molecule has 2 aromatic carbocycles. The third-order valence-electron chi connectivity index (χ3n) is 3.90. The number of aryl methyl sites for hydroxylation is 1. The van der Waals surface area contributed by atoms with Crippen molar-refractivity contribution >= 4 is 23.6 Å². The largest absolute Gasteiger partial charge is 0.490 e. The minimum atomic E-state index is -0.512. The van der Waals surface area contributed by atoms with Gasteiger partial charge in [-0.1, -0.05) is 23.8 Å². The number of hydrogen-bond donors (Lipinski definition) is 1. The summed E-state index contributed by atoms with van der Waals surface area (Å²) in [5.74, 6) is -0.234. The fourth-order valence-corrected chi connectivity index (χ4v) is 2.49. The van der Waals surface area contributed by atoms with Crippen molar-refractivity contribution in [2.45, 2.75) is 20.8 Å². The molecule has 0 aliphatic carbocycles. The van der Waals surface area contributed by atoms with E-state index in [-0.39, 0.29) is 18.8 Å². The van der Waals surface area contributed by atoms with Gasteiger partial charge in [0.25, 0.3) is 5.91 Å². The Morgan fingerprint density at radius 3 is 2.40 bits per heavy atom. The predicted octanol–water partition coefficient (Wildman–Crippen LogP) is 3.88. The molecule has 0 saturated carbocycles. The Kier molecular flexibility index (Phi) is 8.45. The Balaban J connectivity index is 2.19. The first-order chi connectivity index (χ1) is 14.5. The smallest absolute Gasteiger partial charge is 0.344 e. The zero-order valence-corrected chi connectivity index (χ0v) is 17.2. The van der Waals surface area contributed by atoms with Crippen LogP contribution >= 0.6 is 0 Å². The number of carbonyl (C=O) groups excluding carboxylic acids is 2. The van der Waals surface area contributed by atoms with Crippen LogP contribution in [0.2, 0.25) is 0 Å². The van der Waals surface area contributed by atoms with Gasteiger partial charge in [-0.25, -0.2) is 4.79 Å². The van der Waals surface area contributed by atoms with E-state index < -0.39 is 11.9 Å². The van der Waals surface area contributed by atoms with Crippen LogP contribution in [0.5, 0.6) is 11.5 Å². The Morgan fingerprint density at radius 2 is 1.77 bits per heavy atom. The summed E-state index contributed by atoms with van der Waals surface area (Å²) in [6.45, 7) is 5.88. The third-order valence-corrected chi connectivity index (χ3v) is 3.90. The molecule has 7 nitrogen and oxygen atoms in total. The number of anilines is 1. The number of nitrogens with one attached hydrogen (secondary N) is 1. The molecule has 0 unspecified atom stereocenters. The molecule has 156 valence electrons. The van der Waals surface area contributed by atoms with Crippen molar-refractivity contribution in [3.8, 4) is 17.6 Å². The first-order valence-electron chi connectivity index (χ1n) is 9.51. The topological polar surface area (TPSA) is 97.7 Å². The summed E-state index contributed by atoms with van der Waals surface area (Å²) in [6, 6.07) is 14.1. The number of benzene rings is 2. The fraction of sp³-hybridized carbons (Fsp3) is 0.261. The normalized spacial score (nSPS) is 10.7. The first kappa shape index (κ1) is 22.5. The van der Waals surface area contributed by atoms with Gasteiger partial charge < -0.3 is 19.5 Å². The fourth-order valence-electron chi connectivity index (χ4n) is 2.49. The summed E-state index contributed by atoms with van der Waals surface area (Å²) in [5.41, 5.74) is 2.19. The summed E-state index contributed by atoms with van der Waals surface area (Å²) in [4.78, 5) is 23.9. The van der Waals surface area contributed by atoms with Gasteiger partial charge in [0.05, 0.1) is 13.2 Å². The lowest BCUT2D eigenvalue weighted by molar-refractivity contribution is -0.145. The Morgan fingerprint density at radius 1 is 1.03 bits per heavy atom. The second-order valence-electron chi connectivity index (χ2n) is 6.22. The second kappa shape index (κ2) is 11.3. The number of nitriles is 1. The van der Waals surface area contributed by atoms with Crippen molar-refractivity contribution in [3.63, 3.8) is 0 Å². The number of nitrogens with zero attached hydrogens (tertiary/aromatic N) is 1. The van der Waals surface area contributed by atoms with Crippen LogP contribution in [0.4, 0.5) is 5.69 Å². The Hall–Kier alpha value is -3.79. The second-order valence-corrected chi connectivity index (χ2v) is 6.22. The number of ether oxygens (including phenoxy) is 3. The molecule has 7 heteroatoms. The van der Waals surface area contributed by atoms with E-state index in [4.69, 9.17) is 14.2 Å². The van der Waals surface area contributed by atoms with Crippen LogP contribution in [0.1, 0.15) is 25.0 Å². The summed E-state index contributed by atoms with van der Waals surface area (Å²) in [5, 5.41) is 12.1. The van der Waals surface area contributed by atoms with Crippen molar-refractivity contribution in [2.75, 3.05) is 25.1 Å². The molecule has 0 saturated heterocycles. The number of esters is 1. The predicted molar refractivity (Wildman–Crippen MR) is 113 cm³/mol. The number of hydrogen-bond acceptors (Lipinski definition) is 6. The van der Waals surface area contributed by atoms with E-state index in [0.717, 1.165) is 5.56 Å². The molecule has 1 amide bonds. The van der Waals surface area contributed by atoms with Gasteiger partial charge in [0.15, 0.2) is 18.1 Å². The number of amides is 1. The zero-order chi connectivity index (χ0) is 21.9. The average molecular weight is 408 g/mol. The maximum Gasteiger partial charge on any atom is 0.344 e. The van der Waals surface area contributed by atoms with Crippen LogP contribution in [0.15, 0.2) is 48.0 Å². The van der Waals surface area contributed by atoms with Gasteiger partial charge in [-0.05, 0) is 56.7 Å². The van der Waals surface area contributed by atoms with Crippen molar-refractivity contribution < 1.29 is 23.8 Å². The van der Waals surface area contributed by atoms with Gasteiger partial charge in [0.1, 0.15) is 11.6 Å². The lowest BCUT2D eigenvalue weighted by atomic mass is 10.1. The number of rotatable bonds is 9. The summed E-state index contributed by atoms with van der Waals surface area (Å²) < 4.78 is 15.9. The van der Waals surface area contributed by atoms with Crippen molar-refractivity contribution in [2.24, 2.45) is 0 Å². The van der Waals surface area contributed by atoms with Gasteiger partial charge in [0.2, 0.25) is 0 Å². The number of carbonyl (C=O) groups is 2. The Labute approximate surface area is 175 Å². The molecule has 0 atom stereocenters. The maximum absolute atomic E-state index is 12.4. The van der Waals surface area contributed by atoms with Crippen LogP contribution < -0.4 is 14.8 Å². The monoisotopic (exact) mass is 408 g/mol. The molecule has 1 N–H and O–H groups in total. The highest BCUT2D eigenvalue weighted by Gasteiger charge is 2.12. The van der Waals surface area contributed by atoms with Crippen LogP contribution in [0.25, 0.3) is 6.08 Å². The van der Waals surface area contributed by atoms with E-state index in [1.807, 2.05) is 32.0 Å². The van der Waals surface area contributed by atoms with Gasteiger partial charge in [-0.3, -0.25) is 4.79 Å². The van der Waals surface area contributed by atoms with E-state index in [2.05, 4.69) is 5.32 Å². The minimum Gasteiger partial charge on any atom is -0.490 e.